The third kappa shape index (κ3) is 38.6. The fourth-order valence-electron chi connectivity index (χ4n) is 0. The van der Waals surface area contributed by atoms with Crippen LogP contribution in [-0.4, -0.2) is 16.8 Å². The van der Waals surface area contributed by atoms with Crippen LogP contribution in [0, 0.1) is 0 Å². The van der Waals surface area contributed by atoms with Crippen LogP contribution < -0.4 is 6.15 Å². The zero-order valence-electron chi connectivity index (χ0n) is 3.18. The monoisotopic (exact) mass is 99.0 g/mol. The fraction of sp³-hybridized carbons (Fsp3) is 0. The molecule has 0 radical (unpaired) electrons. The number of hydrogen-bond acceptors (Lipinski definition) is 2. The molecule has 0 spiro atoms. The minimum atomic E-state index is -2.33. The number of rotatable bonds is 0. The van der Waals surface area contributed by atoms with Gasteiger partial charge in [0.25, 0.3) is 0 Å². The van der Waals surface area contributed by atoms with Crippen molar-refractivity contribution in [2.45, 2.75) is 0 Å². The summed E-state index contributed by atoms with van der Waals surface area (Å²) in [5.41, 5.74) is 0. The van der Waals surface area contributed by atoms with Crippen molar-refractivity contribution in [2.24, 2.45) is 0 Å². The van der Waals surface area contributed by atoms with Gasteiger partial charge < -0.3 is 16.7 Å². The largest absolute Gasteiger partial charge is 0.870 e. The van der Waals surface area contributed by atoms with Gasteiger partial charge in [0.15, 0.2) is 0 Å². The van der Waals surface area contributed by atoms with E-state index in [4.69, 9.17) is 9.90 Å². The van der Waals surface area contributed by atoms with E-state index in [1.807, 2.05) is 0 Å². The zero-order chi connectivity index (χ0) is 3.58. The molecule has 0 aromatic heterocycles. The highest BCUT2D eigenvalue weighted by molar-refractivity contribution is 5.54. The summed E-state index contributed by atoms with van der Waals surface area (Å²) >= 11 is 0. The van der Waals surface area contributed by atoms with E-state index >= 15 is 0 Å². The van der Waals surface area contributed by atoms with Gasteiger partial charge in [0.2, 0.25) is 0 Å². The number of carbonyl (C=O) groups is 1. The molecule has 0 unspecified atom stereocenters. The normalized spacial score (nSPS) is 4.17. The van der Waals surface area contributed by atoms with Crippen molar-refractivity contribution in [3.8, 4) is 0 Å². The lowest BCUT2D eigenvalue weighted by Crippen LogP contribution is -1.69. The van der Waals surface area contributed by atoms with E-state index in [2.05, 4.69) is 0 Å². The molecule has 6 heavy (non-hydrogen) atoms. The molecule has 0 saturated carbocycles. The summed E-state index contributed by atoms with van der Waals surface area (Å²) in [5, 5.41) is 6.75. The molecule has 0 amide bonds. The van der Waals surface area contributed by atoms with Crippen LogP contribution in [-0.2, 0) is 0 Å². The van der Waals surface area contributed by atoms with Crippen molar-refractivity contribution < 1.29 is 19.8 Å². The number of quaternary nitrogens is 1. The lowest BCUT2D eigenvalue weighted by molar-refractivity contribution is 0.169. The molecule has 0 atom stereocenters. The third-order valence-electron chi connectivity index (χ3n) is 0. The Hall–Kier alpha value is -0.680. The summed E-state index contributed by atoms with van der Waals surface area (Å²) in [4.78, 5) is 8.33. The van der Waals surface area contributed by atoms with Gasteiger partial charge in [0.05, 0.1) is 0 Å². The highest BCUT2D eigenvalue weighted by Crippen LogP contribution is 1.58. The molecule has 6 N–H and O–H groups in total. The summed E-state index contributed by atoms with van der Waals surface area (Å²) in [7, 11) is 0. The predicted molar refractivity (Wildman–Crippen MR) is 17.1 cm³/mol. The molecule has 0 bridgehead atoms. The number of halogens is 1. The first-order valence-electron chi connectivity index (χ1n) is 0.617. The maximum Gasteiger partial charge on any atom is 0.492 e. The van der Waals surface area contributed by atoms with E-state index < -0.39 is 6.22 Å². The van der Waals surface area contributed by atoms with Crippen molar-refractivity contribution in [2.75, 3.05) is 0 Å². The minimum absolute atomic E-state index is 0. The van der Waals surface area contributed by atoms with E-state index in [0.29, 0.717) is 0 Å². The Kier molecular flexibility index (Phi) is 27.2. The first kappa shape index (κ1) is 18.4. The smallest absolute Gasteiger partial charge is 0.492 e. The predicted octanol–water partition coefficient (Wildman–Crippen LogP) is 0.833. The van der Waals surface area contributed by atoms with Gasteiger partial charge in [-0.15, -0.1) is 4.39 Å². The van der Waals surface area contributed by atoms with E-state index in [1.54, 1.807) is 0 Å². The van der Waals surface area contributed by atoms with Gasteiger partial charge in [0.1, 0.15) is 0 Å². The molecule has 40 valence electrons. The van der Waals surface area contributed by atoms with Crippen LogP contribution >= 0.6 is 0 Å². The standard InChI is InChI=1S/CHFO2.H3N.H2O/c2-1(3)4;;/h(H,3,4);1H3;1H2. The summed E-state index contributed by atoms with van der Waals surface area (Å²) in [5.74, 6) is 0. The Morgan fingerprint density at radius 3 is 1.67 bits per heavy atom. The van der Waals surface area contributed by atoms with Crippen molar-refractivity contribution in [3.05, 3.63) is 0 Å². The van der Waals surface area contributed by atoms with Crippen LogP contribution in [0.1, 0.15) is 0 Å². The molecule has 0 fully saturated rings. The summed E-state index contributed by atoms with van der Waals surface area (Å²) < 4.78 is 9.92. The second-order valence-corrected chi connectivity index (χ2v) is 0.253. The molecule has 5 heteroatoms. The first-order valence-corrected chi connectivity index (χ1v) is 0.617. The molecule has 0 aliphatic carbocycles. The Balaban J connectivity index is -0.0000000450. The molecule has 0 heterocycles. The van der Waals surface area contributed by atoms with Crippen LogP contribution in [0.25, 0.3) is 0 Å². The molecule has 0 aliphatic rings. The molecule has 0 aliphatic heterocycles. The van der Waals surface area contributed by atoms with Gasteiger partial charge in [-0.1, -0.05) is 0 Å². The second kappa shape index (κ2) is 8.85. The highest BCUT2D eigenvalue weighted by Gasteiger charge is 1.74. The van der Waals surface area contributed by atoms with E-state index in [0.717, 1.165) is 0 Å². The second-order valence-electron chi connectivity index (χ2n) is 0.253. The third-order valence-corrected chi connectivity index (χ3v) is 0. The van der Waals surface area contributed by atoms with Crippen LogP contribution in [0.15, 0.2) is 0 Å². The maximum atomic E-state index is 9.92. The van der Waals surface area contributed by atoms with E-state index in [9.17, 15) is 4.39 Å². The Morgan fingerprint density at radius 1 is 1.67 bits per heavy atom. The lowest BCUT2D eigenvalue weighted by Gasteiger charge is -1.53. The first-order chi connectivity index (χ1) is 1.73. The average molecular weight is 99.1 g/mol. The van der Waals surface area contributed by atoms with Crippen LogP contribution in [0.4, 0.5) is 9.18 Å². The summed E-state index contributed by atoms with van der Waals surface area (Å²) in [6, 6.07) is 0. The van der Waals surface area contributed by atoms with Gasteiger partial charge in [-0.25, -0.2) is 4.79 Å². The van der Waals surface area contributed by atoms with Gasteiger partial charge in [0, 0.05) is 0 Å². The van der Waals surface area contributed by atoms with Crippen molar-refractivity contribution in [1.29, 1.82) is 0 Å². The lowest BCUT2D eigenvalue weighted by atomic mass is 11.5. The molecule has 0 aromatic rings. The molecule has 0 aromatic carbocycles. The van der Waals surface area contributed by atoms with Crippen molar-refractivity contribution in [1.82, 2.24) is 6.15 Å². The SMILES string of the molecule is O=C(O)F.[NH4+].[OH-]. The van der Waals surface area contributed by atoms with E-state index in [1.165, 1.54) is 0 Å². The Labute approximate surface area is 33.5 Å². The molecule has 0 saturated heterocycles. The van der Waals surface area contributed by atoms with Crippen molar-refractivity contribution >= 4 is 6.22 Å². The van der Waals surface area contributed by atoms with Crippen LogP contribution in [0.3, 0.4) is 0 Å². The Morgan fingerprint density at radius 2 is 1.67 bits per heavy atom. The van der Waals surface area contributed by atoms with Crippen LogP contribution in [0.5, 0.6) is 0 Å². The summed E-state index contributed by atoms with van der Waals surface area (Å²) in [6.07, 6.45) is -2.33. The molecular weight excluding hydrogens is 93.0 g/mol. The topological polar surface area (TPSA) is 104 Å². The van der Waals surface area contributed by atoms with Gasteiger partial charge in [-0.2, -0.15) is 0 Å². The molecular formula is CH6FNO3. The van der Waals surface area contributed by atoms with Gasteiger partial charge in [-0.3, -0.25) is 0 Å². The zero-order valence-corrected chi connectivity index (χ0v) is 3.18. The minimum Gasteiger partial charge on any atom is -0.870 e. The highest BCUT2D eigenvalue weighted by atomic mass is 19.1. The number of hydrogen-bond donors (Lipinski definition) is 2. The molecule has 4 nitrogen and oxygen atoms in total. The van der Waals surface area contributed by atoms with E-state index in [-0.39, 0.29) is 11.6 Å². The van der Waals surface area contributed by atoms with Gasteiger partial charge >= 0.3 is 6.22 Å². The average Bonchev–Trinajstić information content (AvgIpc) is 0.811. The molecule has 0 rings (SSSR count). The Bertz CT molecular complexity index is 33.8. The van der Waals surface area contributed by atoms with Gasteiger partial charge in [-0.05, 0) is 0 Å². The fourth-order valence-corrected chi connectivity index (χ4v) is 0. The van der Waals surface area contributed by atoms with Crippen LogP contribution in [0.2, 0.25) is 0 Å². The summed E-state index contributed by atoms with van der Waals surface area (Å²) in [6.45, 7) is 0. The maximum absolute atomic E-state index is 9.92. The quantitative estimate of drug-likeness (QED) is 0.439. The number of carboxylic acid groups (broad SMARTS) is 1. The van der Waals surface area contributed by atoms with Crippen molar-refractivity contribution in [3.63, 3.8) is 0 Å².